The molecule has 5 heteroatoms. The summed E-state index contributed by atoms with van der Waals surface area (Å²) in [5.74, 6) is 2.27. The zero-order valence-corrected chi connectivity index (χ0v) is 16.5. The van der Waals surface area contributed by atoms with Gasteiger partial charge in [0.2, 0.25) is 5.75 Å². The van der Waals surface area contributed by atoms with E-state index in [2.05, 4.69) is 19.9 Å². The molecule has 0 saturated heterocycles. The number of rotatable bonds is 5. The zero-order chi connectivity index (χ0) is 19.7. The number of aromatic hydroxyl groups is 1. The van der Waals surface area contributed by atoms with Gasteiger partial charge >= 0.3 is 0 Å². The topological polar surface area (TPSA) is 57.2 Å². The van der Waals surface area contributed by atoms with Crippen molar-refractivity contribution in [2.75, 3.05) is 28.4 Å². The second-order valence-corrected chi connectivity index (χ2v) is 6.35. The number of phenols is 1. The SMILES string of the molecule is COc1cc2c(-c3cc(OC)c(OC)c(OC)c3)c(C)c(C)cc2cc1O. The highest BCUT2D eigenvalue weighted by atomic mass is 16.5. The largest absolute Gasteiger partial charge is 0.504 e. The molecule has 3 rings (SSSR count). The summed E-state index contributed by atoms with van der Waals surface area (Å²) in [5, 5.41) is 12.1. The van der Waals surface area contributed by atoms with Gasteiger partial charge in [0.15, 0.2) is 23.0 Å². The van der Waals surface area contributed by atoms with Crippen LogP contribution in [0.4, 0.5) is 0 Å². The molecule has 0 atom stereocenters. The summed E-state index contributed by atoms with van der Waals surface area (Å²) >= 11 is 0. The maximum atomic E-state index is 10.2. The van der Waals surface area contributed by atoms with E-state index in [4.69, 9.17) is 18.9 Å². The van der Waals surface area contributed by atoms with E-state index < -0.39 is 0 Å². The van der Waals surface area contributed by atoms with Gasteiger partial charge in [-0.3, -0.25) is 0 Å². The van der Waals surface area contributed by atoms with Gasteiger partial charge in [0.05, 0.1) is 28.4 Å². The van der Waals surface area contributed by atoms with Crippen LogP contribution in [0.25, 0.3) is 21.9 Å². The predicted molar refractivity (Wildman–Crippen MR) is 107 cm³/mol. The number of benzene rings is 3. The Morgan fingerprint density at radius 2 is 1.30 bits per heavy atom. The monoisotopic (exact) mass is 368 g/mol. The molecule has 27 heavy (non-hydrogen) atoms. The van der Waals surface area contributed by atoms with Crippen LogP contribution in [0.2, 0.25) is 0 Å². The smallest absolute Gasteiger partial charge is 0.203 e. The molecule has 0 heterocycles. The van der Waals surface area contributed by atoms with Crippen LogP contribution >= 0.6 is 0 Å². The number of phenolic OH excluding ortho intramolecular Hbond substituents is 1. The van der Waals surface area contributed by atoms with Crippen LogP contribution in [0.15, 0.2) is 30.3 Å². The summed E-state index contributed by atoms with van der Waals surface area (Å²) in [5.41, 5.74) is 4.21. The van der Waals surface area contributed by atoms with Gasteiger partial charge in [-0.05, 0) is 71.1 Å². The van der Waals surface area contributed by atoms with E-state index >= 15 is 0 Å². The van der Waals surface area contributed by atoms with E-state index in [0.717, 1.165) is 33.0 Å². The van der Waals surface area contributed by atoms with Gasteiger partial charge in [0.1, 0.15) is 0 Å². The minimum atomic E-state index is 0.115. The quantitative estimate of drug-likeness (QED) is 0.697. The van der Waals surface area contributed by atoms with Gasteiger partial charge in [-0.25, -0.2) is 0 Å². The second-order valence-electron chi connectivity index (χ2n) is 6.35. The molecule has 5 nitrogen and oxygen atoms in total. The molecule has 0 spiro atoms. The first-order chi connectivity index (χ1) is 12.9. The van der Waals surface area contributed by atoms with Crippen LogP contribution in [0.1, 0.15) is 11.1 Å². The van der Waals surface area contributed by atoms with Crippen LogP contribution in [-0.2, 0) is 0 Å². The molecule has 0 aromatic heterocycles. The van der Waals surface area contributed by atoms with Gasteiger partial charge in [-0.1, -0.05) is 6.07 Å². The molecule has 0 aliphatic carbocycles. The summed E-state index contributed by atoms with van der Waals surface area (Å²) in [6, 6.07) is 9.51. The average Bonchev–Trinajstić information content (AvgIpc) is 2.67. The Kier molecular flexibility index (Phi) is 5.04. The Bertz CT molecular complexity index is 982. The summed E-state index contributed by atoms with van der Waals surface area (Å²) in [7, 11) is 6.33. The van der Waals surface area contributed by atoms with Gasteiger partial charge in [0, 0.05) is 0 Å². The van der Waals surface area contributed by atoms with Crippen molar-refractivity contribution in [2.24, 2.45) is 0 Å². The lowest BCUT2D eigenvalue weighted by Gasteiger charge is -2.18. The molecule has 142 valence electrons. The summed E-state index contributed by atoms with van der Waals surface area (Å²) in [6.45, 7) is 4.13. The summed E-state index contributed by atoms with van der Waals surface area (Å²) in [4.78, 5) is 0. The third kappa shape index (κ3) is 3.10. The fraction of sp³-hybridized carbons (Fsp3) is 0.273. The van der Waals surface area contributed by atoms with Gasteiger partial charge < -0.3 is 24.1 Å². The fourth-order valence-corrected chi connectivity index (χ4v) is 3.42. The van der Waals surface area contributed by atoms with Gasteiger partial charge in [0.25, 0.3) is 0 Å². The molecular formula is C22H24O5. The minimum absolute atomic E-state index is 0.115. The summed E-state index contributed by atoms with van der Waals surface area (Å²) < 4.78 is 21.8. The summed E-state index contributed by atoms with van der Waals surface area (Å²) in [6.07, 6.45) is 0. The van der Waals surface area contributed by atoms with E-state index in [9.17, 15) is 5.11 Å². The minimum Gasteiger partial charge on any atom is -0.504 e. The van der Waals surface area contributed by atoms with Crippen LogP contribution in [0.5, 0.6) is 28.7 Å². The predicted octanol–water partition coefficient (Wildman–Crippen LogP) is 4.86. The lowest BCUT2D eigenvalue weighted by Crippen LogP contribution is -1.97. The van der Waals surface area contributed by atoms with Crippen molar-refractivity contribution in [3.8, 4) is 39.9 Å². The van der Waals surface area contributed by atoms with E-state index in [-0.39, 0.29) is 5.75 Å². The second kappa shape index (κ2) is 7.27. The average molecular weight is 368 g/mol. The third-order valence-electron chi connectivity index (χ3n) is 4.91. The molecule has 0 unspecified atom stereocenters. The fourth-order valence-electron chi connectivity index (χ4n) is 3.42. The van der Waals surface area contributed by atoms with Crippen LogP contribution in [0, 0.1) is 13.8 Å². The highest BCUT2D eigenvalue weighted by Crippen LogP contribution is 2.45. The Morgan fingerprint density at radius 3 is 1.81 bits per heavy atom. The Hall–Kier alpha value is -3.08. The Labute approximate surface area is 159 Å². The normalized spacial score (nSPS) is 10.7. The first-order valence-electron chi connectivity index (χ1n) is 8.56. The molecule has 0 radical (unpaired) electrons. The molecular weight excluding hydrogens is 344 g/mol. The van der Waals surface area contributed by atoms with Crippen LogP contribution < -0.4 is 18.9 Å². The van der Waals surface area contributed by atoms with E-state index in [0.29, 0.717) is 23.0 Å². The molecule has 1 N–H and O–H groups in total. The first-order valence-corrected chi connectivity index (χ1v) is 8.56. The van der Waals surface area contributed by atoms with Gasteiger partial charge in [-0.15, -0.1) is 0 Å². The zero-order valence-electron chi connectivity index (χ0n) is 16.5. The van der Waals surface area contributed by atoms with Crippen molar-refractivity contribution in [3.63, 3.8) is 0 Å². The van der Waals surface area contributed by atoms with Crippen LogP contribution in [-0.4, -0.2) is 33.5 Å². The highest BCUT2D eigenvalue weighted by Gasteiger charge is 2.18. The first kappa shape index (κ1) is 18.7. The van der Waals surface area contributed by atoms with Crippen molar-refractivity contribution >= 4 is 10.8 Å². The third-order valence-corrected chi connectivity index (χ3v) is 4.91. The van der Waals surface area contributed by atoms with E-state index in [1.807, 2.05) is 18.2 Å². The number of hydrogen-bond donors (Lipinski definition) is 1. The number of ether oxygens (including phenoxy) is 4. The van der Waals surface area contributed by atoms with Crippen molar-refractivity contribution in [3.05, 3.63) is 41.5 Å². The Morgan fingerprint density at radius 1 is 0.704 bits per heavy atom. The molecule has 0 aliphatic heterocycles. The van der Waals surface area contributed by atoms with Crippen molar-refractivity contribution < 1.29 is 24.1 Å². The molecule has 0 amide bonds. The number of fused-ring (bicyclic) bond motifs is 1. The number of hydrogen-bond acceptors (Lipinski definition) is 5. The lowest BCUT2D eigenvalue weighted by molar-refractivity contribution is 0.324. The molecule has 0 aliphatic rings. The van der Waals surface area contributed by atoms with Crippen molar-refractivity contribution in [2.45, 2.75) is 13.8 Å². The Balaban J connectivity index is 2.41. The molecule has 0 fully saturated rings. The van der Waals surface area contributed by atoms with E-state index in [1.165, 1.54) is 0 Å². The lowest BCUT2D eigenvalue weighted by atomic mass is 9.90. The van der Waals surface area contributed by atoms with E-state index in [1.54, 1.807) is 34.5 Å². The molecule has 0 saturated carbocycles. The molecule has 3 aromatic rings. The number of aryl methyl sites for hydroxylation is 1. The maximum Gasteiger partial charge on any atom is 0.203 e. The maximum absolute atomic E-state index is 10.2. The molecule has 0 bridgehead atoms. The van der Waals surface area contributed by atoms with Crippen molar-refractivity contribution in [1.29, 1.82) is 0 Å². The van der Waals surface area contributed by atoms with Gasteiger partial charge in [-0.2, -0.15) is 0 Å². The highest BCUT2D eigenvalue weighted by molar-refractivity contribution is 6.01. The standard InChI is InChI=1S/C22H24O5/c1-12-7-14-8-17(23)18(24-3)11-16(14)21(13(12)2)15-9-19(25-4)22(27-6)20(10-15)26-5/h7-11,23H,1-6H3. The van der Waals surface area contributed by atoms with Crippen LogP contribution in [0.3, 0.4) is 0 Å². The number of methoxy groups -OCH3 is 4. The van der Waals surface area contributed by atoms with Crippen molar-refractivity contribution in [1.82, 2.24) is 0 Å². The molecule has 3 aromatic carbocycles.